The van der Waals surface area contributed by atoms with Gasteiger partial charge in [-0.3, -0.25) is 0 Å². The number of nitrogens with one attached hydrogen (secondary N) is 1. The third-order valence-corrected chi connectivity index (χ3v) is 2.69. The largest absolute Gasteiger partial charge is 0.496 e. The minimum absolute atomic E-state index is 0.214. The smallest absolute Gasteiger partial charge is 0.123 e. The molecule has 0 saturated carbocycles. The van der Waals surface area contributed by atoms with E-state index in [1.54, 1.807) is 7.11 Å². The number of hydrogen-bond acceptors (Lipinski definition) is 3. The van der Waals surface area contributed by atoms with Crippen LogP contribution in [0.1, 0.15) is 25.5 Å². The van der Waals surface area contributed by atoms with Crippen LogP contribution in [0.3, 0.4) is 0 Å². The zero-order chi connectivity index (χ0) is 12.0. The number of methoxy groups -OCH3 is 1. The summed E-state index contributed by atoms with van der Waals surface area (Å²) in [6, 6.07) is 8.21. The Balaban J connectivity index is 2.61. The predicted octanol–water partition coefficient (Wildman–Crippen LogP) is 1.97. The number of rotatable bonds is 6. The molecule has 0 aliphatic heterocycles. The van der Waals surface area contributed by atoms with E-state index in [9.17, 15) is 0 Å². The van der Waals surface area contributed by atoms with Crippen molar-refractivity contribution in [2.45, 2.75) is 19.9 Å². The second-order valence-corrected chi connectivity index (χ2v) is 4.16. The maximum Gasteiger partial charge on any atom is 0.123 e. The van der Waals surface area contributed by atoms with Crippen molar-refractivity contribution < 1.29 is 9.84 Å². The molecule has 0 spiro atoms. The Kier molecular flexibility index (Phi) is 5.29. The third kappa shape index (κ3) is 3.51. The standard InChI is InChI=1S/C13H21NO2/c1-10(9-15)8-14-11(2)12-6-4-5-7-13(12)16-3/h4-7,10-11,14-15H,8-9H2,1-3H3/t10?,11-/m1/s1. The minimum atomic E-state index is 0.214. The summed E-state index contributed by atoms with van der Waals surface area (Å²) < 4.78 is 5.31. The van der Waals surface area contributed by atoms with E-state index in [-0.39, 0.29) is 18.6 Å². The molecule has 3 heteroatoms. The molecule has 0 aliphatic carbocycles. The van der Waals surface area contributed by atoms with Crippen LogP contribution < -0.4 is 10.1 Å². The molecule has 2 atom stereocenters. The average Bonchev–Trinajstić information content (AvgIpc) is 2.35. The first kappa shape index (κ1) is 13.0. The zero-order valence-electron chi connectivity index (χ0n) is 10.2. The summed E-state index contributed by atoms with van der Waals surface area (Å²) in [4.78, 5) is 0. The first-order chi connectivity index (χ1) is 7.69. The Labute approximate surface area is 97.4 Å². The highest BCUT2D eigenvalue weighted by Gasteiger charge is 2.10. The number of ether oxygens (including phenoxy) is 1. The van der Waals surface area contributed by atoms with Crippen LogP contribution in [0.25, 0.3) is 0 Å². The lowest BCUT2D eigenvalue weighted by Crippen LogP contribution is -2.26. The van der Waals surface area contributed by atoms with Crippen LogP contribution in [0.15, 0.2) is 24.3 Å². The molecule has 0 bridgehead atoms. The first-order valence-electron chi connectivity index (χ1n) is 5.66. The van der Waals surface area contributed by atoms with Crippen LogP contribution in [0, 0.1) is 5.92 Å². The Bertz CT molecular complexity index is 315. The summed E-state index contributed by atoms with van der Waals surface area (Å²) in [5, 5.41) is 12.3. The van der Waals surface area contributed by atoms with Gasteiger partial charge >= 0.3 is 0 Å². The predicted molar refractivity (Wildman–Crippen MR) is 65.7 cm³/mol. The van der Waals surface area contributed by atoms with Crippen molar-refractivity contribution in [1.29, 1.82) is 0 Å². The zero-order valence-corrected chi connectivity index (χ0v) is 10.2. The first-order valence-corrected chi connectivity index (χ1v) is 5.66. The van der Waals surface area contributed by atoms with Gasteiger partial charge in [-0.1, -0.05) is 25.1 Å². The highest BCUT2D eigenvalue weighted by atomic mass is 16.5. The molecule has 1 aromatic carbocycles. The summed E-state index contributed by atoms with van der Waals surface area (Å²) in [5.74, 6) is 1.18. The molecule has 1 aromatic rings. The van der Waals surface area contributed by atoms with E-state index >= 15 is 0 Å². The Hall–Kier alpha value is -1.06. The second kappa shape index (κ2) is 6.51. The molecular formula is C13H21NO2. The third-order valence-electron chi connectivity index (χ3n) is 2.69. The monoisotopic (exact) mass is 223 g/mol. The van der Waals surface area contributed by atoms with E-state index in [1.165, 1.54) is 0 Å². The normalized spacial score (nSPS) is 14.5. The molecule has 0 radical (unpaired) electrons. The van der Waals surface area contributed by atoms with Crippen LogP contribution in [0.5, 0.6) is 5.75 Å². The topological polar surface area (TPSA) is 41.5 Å². The molecule has 1 rings (SSSR count). The maximum absolute atomic E-state index is 8.95. The van der Waals surface area contributed by atoms with E-state index in [0.29, 0.717) is 0 Å². The van der Waals surface area contributed by atoms with Gasteiger partial charge in [0.05, 0.1) is 7.11 Å². The van der Waals surface area contributed by atoms with Gasteiger partial charge in [0.25, 0.3) is 0 Å². The minimum Gasteiger partial charge on any atom is -0.496 e. The Morgan fingerprint density at radius 2 is 2.00 bits per heavy atom. The molecule has 0 saturated heterocycles. The van der Waals surface area contributed by atoms with Gasteiger partial charge in [-0.25, -0.2) is 0 Å². The molecule has 0 aliphatic rings. The van der Waals surface area contributed by atoms with E-state index in [4.69, 9.17) is 9.84 Å². The number of para-hydroxylation sites is 1. The van der Waals surface area contributed by atoms with Gasteiger partial charge in [0, 0.05) is 24.8 Å². The lowest BCUT2D eigenvalue weighted by molar-refractivity contribution is 0.230. The molecule has 0 heterocycles. The molecule has 16 heavy (non-hydrogen) atoms. The fraction of sp³-hybridized carbons (Fsp3) is 0.538. The highest BCUT2D eigenvalue weighted by Crippen LogP contribution is 2.24. The summed E-state index contributed by atoms with van der Waals surface area (Å²) in [7, 11) is 1.68. The molecule has 3 nitrogen and oxygen atoms in total. The number of aliphatic hydroxyl groups is 1. The lowest BCUT2D eigenvalue weighted by Gasteiger charge is -2.19. The van der Waals surface area contributed by atoms with Crippen molar-refractivity contribution in [2.75, 3.05) is 20.3 Å². The average molecular weight is 223 g/mol. The van der Waals surface area contributed by atoms with Crippen LogP contribution in [0.4, 0.5) is 0 Å². The molecule has 0 aromatic heterocycles. The highest BCUT2D eigenvalue weighted by molar-refractivity contribution is 5.35. The van der Waals surface area contributed by atoms with Crippen molar-refractivity contribution in [3.8, 4) is 5.75 Å². The van der Waals surface area contributed by atoms with Crippen LogP contribution in [-0.2, 0) is 0 Å². The molecule has 0 amide bonds. The van der Waals surface area contributed by atoms with Crippen molar-refractivity contribution in [2.24, 2.45) is 5.92 Å². The second-order valence-electron chi connectivity index (χ2n) is 4.16. The summed E-state index contributed by atoms with van der Waals surface area (Å²) in [6.45, 7) is 5.13. The van der Waals surface area contributed by atoms with Gasteiger partial charge in [0.15, 0.2) is 0 Å². The van der Waals surface area contributed by atoms with E-state index in [1.807, 2.05) is 25.1 Å². The van der Waals surface area contributed by atoms with Crippen LogP contribution >= 0.6 is 0 Å². The van der Waals surface area contributed by atoms with Crippen molar-refractivity contribution in [1.82, 2.24) is 5.32 Å². The summed E-state index contributed by atoms with van der Waals surface area (Å²) in [6.07, 6.45) is 0. The van der Waals surface area contributed by atoms with Crippen molar-refractivity contribution >= 4 is 0 Å². The number of aliphatic hydroxyl groups excluding tert-OH is 1. The molecule has 0 fully saturated rings. The Morgan fingerprint density at radius 3 is 2.62 bits per heavy atom. The quantitative estimate of drug-likeness (QED) is 0.774. The molecule has 90 valence electrons. The van der Waals surface area contributed by atoms with Gasteiger partial charge < -0.3 is 15.2 Å². The van der Waals surface area contributed by atoms with Gasteiger partial charge in [-0.15, -0.1) is 0 Å². The van der Waals surface area contributed by atoms with Gasteiger partial charge in [0.2, 0.25) is 0 Å². The van der Waals surface area contributed by atoms with Crippen LogP contribution in [0.2, 0.25) is 0 Å². The molecule has 2 N–H and O–H groups in total. The molecule has 1 unspecified atom stereocenters. The fourth-order valence-corrected chi connectivity index (χ4v) is 1.58. The number of hydrogen-bond donors (Lipinski definition) is 2. The van der Waals surface area contributed by atoms with Gasteiger partial charge in [-0.2, -0.15) is 0 Å². The lowest BCUT2D eigenvalue weighted by atomic mass is 10.1. The fourth-order valence-electron chi connectivity index (χ4n) is 1.58. The van der Waals surface area contributed by atoms with Crippen LogP contribution in [-0.4, -0.2) is 25.4 Å². The van der Waals surface area contributed by atoms with E-state index < -0.39 is 0 Å². The SMILES string of the molecule is COc1ccccc1[C@@H](C)NCC(C)CO. The van der Waals surface area contributed by atoms with E-state index in [0.717, 1.165) is 17.9 Å². The summed E-state index contributed by atoms with van der Waals surface area (Å²) >= 11 is 0. The maximum atomic E-state index is 8.95. The van der Waals surface area contributed by atoms with Crippen molar-refractivity contribution in [3.05, 3.63) is 29.8 Å². The number of benzene rings is 1. The van der Waals surface area contributed by atoms with E-state index in [2.05, 4.69) is 18.3 Å². The van der Waals surface area contributed by atoms with Gasteiger partial charge in [0.1, 0.15) is 5.75 Å². The molecular weight excluding hydrogens is 202 g/mol. The van der Waals surface area contributed by atoms with Crippen molar-refractivity contribution in [3.63, 3.8) is 0 Å². The van der Waals surface area contributed by atoms with Gasteiger partial charge in [-0.05, 0) is 18.9 Å². The summed E-state index contributed by atoms with van der Waals surface area (Å²) in [5.41, 5.74) is 1.15. The Morgan fingerprint density at radius 1 is 1.31 bits per heavy atom.